The van der Waals surface area contributed by atoms with Crippen LogP contribution in [0.15, 0.2) is 63.0 Å². The molecule has 0 aliphatic heterocycles. The van der Waals surface area contributed by atoms with Crippen molar-refractivity contribution in [1.29, 1.82) is 0 Å². The van der Waals surface area contributed by atoms with Crippen molar-refractivity contribution in [1.82, 2.24) is 0 Å². The van der Waals surface area contributed by atoms with Gasteiger partial charge in [-0.3, -0.25) is 4.79 Å². The smallest absolute Gasteiger partial charge is 0.160 e. The largest absolute Gasteiger partial charge is 0.506 e. The van der Waals surface area contributed by atoms with Gasteiger partial charge in [-0.2, -0.15) is 0 Å². The minimum Gasteiger partial charge on any atom is -0.506 e. The van der Waals surface area contributed by atoms with Crippen LogP contribution in [-0.2, 0) is 4.79 Å². The molecule has 0 heterocycles. The zero-order valence-corrected chi connectivity index (χ0v) is 21.0. The number of halogens is 2. The Hall–Kier alpha value is -2.11. The molecule has 3 aromatic carbocycles. The van der Waals surface area contributed by atoms with E-state index in [1.54, 1.807) is 0 Å². The van der Waals surface area contributed by atoms with Crippen molar-refractivity contribution in [3.05, 3.63) is 74.2 Å². The lowest BCUT2D eigenvalue weighted by atomic mass is 9.68. The number of Topliss-reactive ketones (excluding diaryl/α,β-unsaturated/α-hetero) is 1. The number of benzene rings is 3. The molecule has 3 aromatic rings. The molecule has 1 atom stereocenters. The van der Waals surface area contributed by atoms with Crippen molar-refractivity contribution in [2.45, 2.75) is 39.5 Å². The van der Waals surface area contributed by atoms with Crippen LogP contribution in [0.5, 0.6) is 5.75 Å². The fourth-order valence-corrected chi connectivity index (χ4v) is 5.91. The Bertz CT molecular complexity index is 1220. The van der Waals surface area contributed by atoms with E-state index in [0.717, 1.165) is 39.5 Å². The van der Waals surface area contributed by atoms with Gasteiger partial charge in [0.25, 0.3) is 0 Å². The highest BCUT2D eigenvalue weighted by Crippen LogP contribution is 2.49. The van der Waals surface area contributed by atoms with Crippen LogP contribution < -0.4 is 5.73 Å². The summed E-state index contributed by atoms with van der Waals surface area (Å²) in [4.78, 5) is 13.5. The summed E-state index contributed by atoms with van der Waals surface area (Å²) in [5, 5.41) is 12.3. The number of carbonyl (C=O) groups excluding carboxylic acids is 1. The summed E-state index contributed by atoms with van der Waals surface area (Å²) in [5.74, 6) is 0.163. The topological polar surface area (TPSA) is 63.3 Å². The van der Waals surface area contributed by atoms with Crippen LogP contribution in [0.4, 0.5) is 5.69 Å². The van der Waals surface area contributed by atoms with E-state index in [2.05, 4.69) is 64.8 Å². The third kappa shape index (κ3) is 4.06. The number of rotatable bonds is 3. The number of ketones is 1. The second kappa shape index (κ2) is 8.10. The van der Waals surface area contributed by atoms with E-state index < -0.39 is 0 Å². The highest BCUT2D eigenvalue weighted by Gasteiger charge is 2.37. The molecule has 3 N–H and O–H groups in total. The third-order valence-corrected chi connectivity index (χ3v) is 7.36. The van der Waals surface area contributed by atoms with Crippen molar-refractivity contribution < 1.29 is 9.90 Å². The lowest BCUT2D eigenvalue weighted by molar-refractivity contribution is -0.118. The number of phenolic OH excluding ortho intramolecular Hbond substituents is 1. The molecule has 0 bridgehead atoms. The Morgan fingerprint density at radius 1 is 1.03 bits per heavy atom. The summed E-state index contributed by atoms with van der Waals surface area (Å²) in [6.07, 6.45) is 1.28. The highest BCUT2D eigenvalue weighted by atomic mass is 79.9. The van der Waals surface area contributed by atoms with Crippen molar-refractivity contribution in [2.24, 2.45) is 5.41 Å². The quantitative estimate of drug-likeness (QED) is 0.335. The Labute approximate surface area is 199 Å². The monoisotopic (exact) mass is 541 g/mol. The maximum absolute atomic E-state index is 13.5. The Morgan fingerprint density at radius 2 is 1.68 bits per heavy atom. The molecule has 0 saturated carbocycles. The van der Waals surface area contributed by atoms with Gasteiger partial charge in [0, 0.05) is 29.2 Å². The van der Waals surface area contributed by atoms with Gasteiger partial charge in [0.05, 0.1) is 8.95 Å². The lowest BCUT2D eigenvalue weighted by Gasteiger charge is -2.35. The predicted octanol–water partition coefficient (Wildman–Crippen LogP) is 7.60. The van der Waals surface area contributed by atoms with Crippen molar-refractivity contribution in [2.75, 3.05) is 5.73 Å². The normalized spacial score (nSPS) is 17.3. The number of hydrogen-bond donors (Lipinski definition) is 2. The van der Waals surface area contributed by atoms with Crippen LogP contribution in [0.1, 0.15) is 50.7 Å². The van der Waals surface area contributed by atoms with Gasteiger partial charge >= 0.3 is 0 Å². The minimum absolute atomic E-state index is 0.144. The molecule has 0 radical (unpaired) electrons. The van der Waals surface area contributed by atoms with Crippen LogP contribution in [0.2, 0.25) is 0 Å². The molecule has 0 amide bonds. The Kier molecular flexibility index (Phi) is 5.78. The summed E-state index contributed by atoms with van der Waals surface area (Å²) in [6, 6.07) is 15.9. The number of carbonyl (C=O) groups is 1. The molecule has 0 fully saturated rings. The number of phenols is 1. The lowest BCUT2D eigenvalue weighted by Crippen LogP contribution is -2.27. The van der Waals surface area contributed by atoms with E-state index in [1.165, 1.54) is 0 Å². The zero-order valence-electron chi connectivity index (χ0n) is 17.8. The molecule has 3 nitrogen and oxygen atoms in total. The van der Waals surface area contributed by atoms with Crippen molar-refractivity contribution in [3.8, 4) is 5.75 Å². The second-order valence-corrected chi connectivity index (χ2v) is 10.8. The zero-order chi connectivity index (χ0) is 22.5. The van der Waals surface area contributed by atoms with Crippen molar-refractivity contribution >= 4 is 59.7 Å². The van der Waals surface area contributed by atoms with Gasteiger partial charge in [-0.15, -0.1) is 0 Å². The molecule has 0 aromatic heterocycles. The first-order valence-corrected chi connectivity index (χ1v) is 11.9. The van der Waals surface area contributed by atoms with Crippen LogP contribution in [0.3, 0.4) is 0 Å². The summed E-state index contributed by atoms with van der Waals surface area (Å²) < 4.78 is 1.19. The molecule has 5 heteroatoms. The van der Waals surface area contributed by atoms with E-state index in [1.807, 2.05) is 36.4 Å². The van der Waals surface area contributed by atoms with Crippen LogP contribution in [-0.4, -0.2) is 10.9 Å². The first-order valence-electron chi connectivity index (χ1n) is 10.3. The van der Waals surface area contributed by atoms with Crippen LogP contribution in [0, 0.1) is 5.41 Å². The van der Waals surface area contributed by atoms with E-state index in [-0.39, 0.29) is 22.9 Å². The van der Waals surface area contributed by atoms with Gasteiger partial charge in [-0.05, 0) is 83.8 Å². The standard InChI is InChI=1S/C26H25Br2NO2/c1-14(16-10-19(27)25(31)20(28)11-16)23-18(12-26(2,3)13-22(23)30)24-17-7-5-4-6-15(17)8-9-21(24)29/h4-11,14,31H,12-13,29H2,1-3H3/t14-/m0/s1. The maximum atomic E-state index is 13.5. The number of nitrogen functional groups attached to an aromatic ring is 1. The summed E-state index contributed by atoms with van der Waals surface area (Å²) >= 11 is 6.85. The van der Waals surface area contributed by atoms with E-state index >= 15 is 0 Å². The minimum atomic E-state index is -0.148. The van der Waals surface area contributed by atoms with Gasteiger partial charge < -0.3 is 10.8 Å². The molecule has 0 spiro atoms. The third-order valence-electron chi connectivity index (χ3n) is 6.16. The van der Waals surface area contributed by atoms with Gasteiger partial charge in [-0.25, -0.2) is 0 Å². The average molecular weight is 543 g/mol. The van der Waals surface area contributed by atoms with Gasteiger partial charge in [-0.1, -0.05) is 51.1 Å². The van der Waals surface area contributed by atoms with Gasteiger partial charge in [0.15, 0.2) is 5.78 Å². The molecule has 31 heavy (non-hydrogen) atoms. The Morgan fingerprint density at radius 3 is 2.35 bits per heavy atom. The molecule has 1 aliphatic rings. The molecule has 1 aliphatic carbocycles. The maximum Gasteiger partial charge on any atom is 0.160 e. The summed E-state index contributed by atoms with van der Waals surface area (Å²) in [5.41, 5.74) is 10.8. The van der Waals surface area contributed by atoms with Gasteiger partial charge in [0.1, 0.15) is 5.75 Å². The first kappa shape index (κ1) is 22.1. The fourth-order valence-electron chi connectivity index (χ4n) is 4.69. The molecule has 0 saturated heterocycles. The van der Waals surface area contributed by atoms with E-state index in [0.29, 0.717) is 21.1 Å². The number of hydrogen-bond acceptors (Lipinski definition) is 3. The molecule has 160 valence electrons. The predicted molar refractivity (Wildman–Crippen MR) is 135 cm³/mol. The average Bonchev–Trinajstić information content (AvgIpc) is 2.70. The number of aromatic hydroxyl groups is 1. The SMILES string of the molecule is C[C@H](C1=C(c2c(N)ccc3ccccc23)CC(C)(C)CC1=O)c1cc(Br)c(O)c(Br)c1. The molecule has 4 rings (SSSR count). The van der Waals surface area contributed by atoms with Crippen molar-refractivity contribution in [3.63, 3.8) is 0 Å². The Balaban J connectivity index is 2.01. The van der Waals surface area contributed by atoms with Gasteiger partial charge in [0.2, 0.25) is 0 Å². The van der Waals surface area contributed by atoms with Crippen LogP contribution in [0.25, 0.3) is 16.3 Å². The molecule has 0 unspecified atom stereocenters. The summed E-state index contributed by atoms with van der Waals surface area (Å²) in [7, 11) is 0. The fraction of sp³-hybridized carbons (Fsp3) is 0.269. The number of fused-ring (bicyclic) bond motifs is 1. The number of anilines is 1. The number of allylic oxidation sites excluding steroid dienone is 2. The molecular weight excluding hydrogens is 518 g/mol. The highest BCUT2D eigenvalue weighted by molar-refractivity contribution is 9.11. The second-order valence-electron chi connectivity index (χ2n) is 9.14. The number of nitrogens with two attached hydrogens (primary N) is 1. The first-order chi connectivity index (χ1) is 14.6. The van der Waals surface area contributed by atoms with E-state index in [9.17, 15) is 9.90 Å². The van der Waals surface area contributed by atoms with E-state index in [4.69, 9.17) is 5.73 Å². The van der Waals surface area contributed by atoms with Crippen LogP contribution >= 0.6 is 31.9 Å². The summed E-state index contributed by atoms with van der Waals surface area (Å²) in [6.45, 7) is 6.33. The molecular formula is C26H25Br2NO2.